The topological polar surface area (TPSA) is 27.1 Å². The van der Waals surface area contributed by atoms with Crippen molar-refractivity contribution in [2.24, 2.45) is 0 Å². The molecule has 1 heterocycles. The molecule has 90 valence electrons. The predicted octanol–water partition coefficient (Wildman–Crippen LogP) is 3.36. The summed E-state index contributed by atoms with van der Waals surface area (Å²) in [4.78, 5) is 4.42. The van der Waals surface area contributed by atoms with Gasteiger partial charge in [0.15, 0.2) is 0 Å². The predicted molar refractivity (Wildman–Crippen MR) is 69.1 cm³/mol. The van der Waals surface area contributed by atoms with E-state index in [1.807, 2.05) is 24.5 Å². The fourth-order valence-electron chi connectivity index (χ4n) is 1.75. The van der Waals surface area contributed by atoms with Gasteiger partial charge in [0, 0.05) is 18.3 Å². The Morgan fingerprint density at radius 2 is 2.24 bits per heavy atom. The summed E-state index contributed by atoms with van der Waals surface area (Å²) in [6.07, 6.45) is 6.37. The molecule has 0 saturated carbocycles. The maximum Gasteiger partial charge on any atom is 0.119 e. The molecule has 2 rings (SSSR count). The van der Waals surface area contributed by atoms with Crippen molar-refractivity contribution < 1.29 is 4.74 Å². The van der Waals surface area contributed by atoms with Crippen LogP contribution in [-0.4, -0.2) is 16.7 Å². The summed E-state index contributed by atoms with van der Waals surface area (Å²) in [5.41, 5.74) is 2.10. The number of nitrogens with zero attached hydrogens (tertiary/aromatic N) is 2. The molecule has 0 radical (unpaired) electrons. The zero-order valence-corrected chi connectivity index (χ0v) is 10.4. The van der Waals surface area contributed by atoms with Crippen LogP contribution in [0.25, 0.3) is 11.3 Å². The Morgan fingerprint density at radius 1 is 1.35 bits per heavy atom. The minimum Gasteiger partial charge on any atom is -0.497 e. The molecule has 2 aromatic rings. The van der Waals surface area contributed by atoms with Crippen LogP contribution in [-0.2, 0) is 6.54 Å². The number of imidazole rings is 1. The van der Waals surface area contributed by atoms with Gasteiger partial charge in [-0.05, 0) is 18.6 Å². The van der Waals surface area contributed by atoms with Crippen molar-refractivity contribution in [1.82, 2.24) is 9.55 Å². The highest BCUT2D eigenvalue weighted by molar-refractivity contribution is 5.60. The van der Waals surface area contributed by atoms with E-state index in [2.05, 4.69) is 28.7 Å². The second kappa shape index (κ2) is 5.53. The number of hydrogen-bond donors (Lipinski definition) is 0. The van der Waals surface area contributed by atoms with Gasteiger partial charge in [0.25, 0.3) is 0 Å². The Kier molecular flexibility index (Phi) is 3.81. The molecule has 0 bridgehead atoms. The third kappa shape index (κ3) is 2.87. The molecular weight excluding hydrogens is 212 g/mol. The molecular formula is C14H18N2O. The van der Waals surface area contributed by atoms with Crippen molar-refractivity contribution in [2.75, 3.05) is 7.11 Å². The summed E-state index contributed by atoms with van der Waals surface area (Å²) in [6.45, 7) is 3.23. The SMILES string of the molecule is CCCCn1cnc(-c2cccc(OC)c2)c1. The van der Waals surface area contributed by atoms with E-state index in [4.69, 9.17) is 4.74 Å². The van der Waals surface area contributed by atoms with Gasteiger partial charge in [-0.25, -0.2) is 4.98 Å². The molecule has 0 unspecified atom stereocenters. The number of unbranched alkanes of at least 4 members (excludes halogenated alkanes) is 1. The lowest BCUT2D eigenvalue weighted by atomic mass is 10.1. The van der Waals surface area contributed by atoms with Crippen LogP contribution < -0.4 is 4.74 Å². The highest BCUT2D eigenvalue weighted by atomic mass is 16.5. The fourth-order valence-corrected chi connectivity index (χ4v) is 1.75. The Labute approximate surface area is 102 Å². The first-order valence-corrected chi connectivity index (χ1v) is 5.99. The van der Waals surface area contributed by atoms with E-state index in [-0.39, 0.29) is 0 Å². The zero-order valence-electron chi connectivity index (χ0n) is 10.4. The number of ether oxygens (including phenoxy) is 1. The monoisotopic (exact) mass is 230 g/mol. The number of methoxy groups -OCH3 is 1. The van der Waals surface area contributed by atoms with Crippen molar-refractivity contribution >= 4 is 0 Å². The van der Waals surface area contributed by atoms with Crippen LogP contribution in [0.4, 0.5) is 0 Å². The van der Waals surface area contributed by atoms with Crippen LogP contribution in [0.1, 0.15) is 19.8 Å². The Hall–Kier alpha value is -1.77. The Balaban J connectivity index is 2.18. The van der Waals surface area contributed by atoms with Crippen molar-refractivity contribution in [3.63, 3.8) is 0 Å². The lowest BCUT2D eigenvalue weighted by molar-refractivity contribution is 0.415. The average molecular weight is 230 g/mol. The number of aromatic nitrogens is 2. The van der Waals surface area contributed by atoms with Crippen molar-refractivity contribution in [3.8, 4) is 17.0 Å². The van der Waals surface area contributed by atoms with Gasteiger partial charge < -0.3 is 9.30 Å². The highest BCUT2D eigenvalue weighted by Crippen LogP contribution is 2.22. The minimum atomic E-state index is 0.866. The van der Waals surface area contributed by atoms with Crippen LogP contribution in [0.2, 0.25) is 0 Å². The van der Waals surface area contributed by atoms with E-state index >= 15 is 0 Å². The van der Waals surface area contributed by atoms with E-state index in [9.17, 15) is 0 Å². The lowest BCUT2D eigenvalue weighted by Crippen LogP contribution is -1.92. The maximum atomic E-state index is 5.21. The molecule has 0 aliphatic heterocycles. The molecule has 1 aromatic heterocycles. The number of aryl methyl sites for hydroxylation is 1. The molecule has 0 amide bonds. The van der Waals surface area contributed by atoms with E-state index in [1.54, 1.807) is 7.11 Å². The molecule has 17 heavy (non-hydrogen) atoms. The summed E-state index contributed by atoms with van der Waals surface area (Å²) in [5, 5.41) is 0. The molecule has 0 N–H and O–H groups in total. The summed E-state index contributed by atoms with van der Waals surface area (Å²) in [6, 6.07) is 7.98. The van der Waals surface area contributed by atoms with E-state index in [1.165, 1.54) is 12.8 Å². The molecule has 0 saturated heterocycles. The van der Waals surface area contributed by atoms with Crippen molar-refractivity contribution in [2.45, 2.75) is 26.3 Å². The van der Waals surface area contributed by atoms with Gasteiger partial charge in [-0.1, -0.05) is 25.5 Å². The van der Waals surface area contributed by atoms with Gasteiger partial charge in [-0.15, -0.1) is 0 Å². The van der Waals surface area contributed by atoms with E-state index in [0.29, 0.717) is 0 Å². The Bertz CT molecular complexity index is 477. The second-order valence-corrected chi connectivity index (χ2v) is 4.08. The molecule has 0 fully saturated rings. The van der Waals surface area contributed by atoms with Crippen LogP contribution in [0.15, 0.2) is 36.8 Å². The van der Waals surface area contributed by atoms with Crippen molar-refractivity contribution in [1.29, 1.82) is 0 Å². The fraction of sp³-hybridized carbons (Fsp3) is 0.357. The Morgan fingerprint density at radius 3 is 3.00 bits per heavy atom. The third-order valence-electron chi connectivity index (χ3n) is 2.77. The number of benzene rings is 1. The minimum absolute atomic E-state index is 0.866. The summed E-state index contributed by atoms with van der Waals surface area (Å²) >= 11 is 0. The summed E-state index contributed by atoms with van der Waals surface area (Å²) in [7, 11) is 1.68. The van der Waals surface area contributed by atoms with E-state index in [0.717, 1.165) is 23.6 Å². The summed E-state index contributed by atoms with van der Waals surface area (Å²) < 4.78 is 7.35. The number of hydrogen-bond acceptors (Lipinski definition) is 2. The van der Waals surface area contributed by atoms with Gasteiger partial charge in [-0.3, -0.25) is 0 Å². The molecule has 0 spiro atoms. The van der Waals surface area contributed by atoms with Crippen LogP contribution in [0.3, 0.4) is 0 Å². The van der Waals surface area contributed by atoms with Gasteiger partial charge in [0.1, 0.15) is 5.75 Å². The largest absolute Gasteiger partial charge is 0.497 e. The first kappa shape index (κ1) is 11.7. The van der Waals surface area contributed by atoms with Crippen LogP contribution in [0.5, 0.6) is 5.75 Å². The quantitative estimate of drug-likeness (QED) is 0.787. The van der Waals surface area contributed by atoms with Crippen molar-refractivity contribution in [3.05, 3.63) is 36.8 Å². The summed E-state index contributed by atoms with van der Waals surface area (Å²) in [5.74, 6) is 0.866. The normalized spacial score (nSPS) is 10.5. The number of rotatable bonds is 5. The molecule has 3 heteroatoms. The van der Waals surface area contributed by atoms with Crippen LogP contribution in [0, 0.1) is 0 Å². The lowest BCUT2D eigenvalue weighted by Gasteiger charge is -2.01. The van der Waals surface area contributed by atoms with Gasteiger partial charge in [-0.2, -0.15) is 0 Å². The zero-order chi connectivity index (χ0) is 12.1. The average Bonchev–Trinajstić information content (AvgIpc) is 2.85. The smallest absolute Gasteiger partial charge is 0.119 e. The third-order valence-corrected chi connectivity index (χ3v) is 2.77. The molecule has 0 atom stereocenters. The van der Waals surface area contributed by atoms with Crippen LogP contribution >= 0.6 is 0 Å². The highest BCUT2D eigenvalue weighted by Gasteiger charge is 2.03. The van der Waals surface area contributed by atoms with Gasteiger partial charge in [0.05, 0.1) is 19.1 Å². The molecule has 3 nitrogen and oxygen atoms in total. The first-order chi connectivity index (χ1) is 8.33. The molecule has 0 aliphatic carbocycles. The van der Waals surface area contributed by atoms with Gasteiger partial charge in [0.2, 0.25) is 0 Å². The molecule has 1 aromatic carbocycles. The molecule has 0 aliphatic rings. The van der Waals surface area contributed by atoms with Gasteiger partial charge >= 0.3 is 0 Å². The standard InChI is InChI=1S/C14H18N2O/c1-3-4-8-16-10-14(15-11-16)12-6-5-7-13(9-12)17-2/h5-7,9-11H,3-4,8H2,1-2H3. The second-order valence-electron chi connectivity index (χ2n) is 4.08. The maximum absolute atomic E-state index is 5.21. The van der Waals surface area contributed by atoms with E-state index < -0.39 is 0 Å². The first-order valence-electron chi connectivity index (χ1n) is 5.99.